The van der Waals surface area contributed by atoms with Crippen molar-refractivity contribution in [3.8, 4) is 0 Å². The van der Waals surface area contributed by atoms with Crippen molar-refractivity contribution < 1.29 is 9.90 Å². The van der Waals surface area contributed by atoms with E-state index in [0.717, 1.165) is 44.7 Å². The molecule has 0 radical (unpaired) electrons. The summed E-state index contributed by atoms with van der Waals surface area (Å²) in [5.41, 5.74) is -0.143. The quantitative estimate of drug-likeness (QED) is 0.677. The third kappa shape index (κ3) is 4.69. The zero-order valence-electron chi connectivity index (χ0n) is 12.0. The van der Waals surface area contributed by atoms with Gasteiger partial charge in [-0.15, -0.1) is 0 Å². The molecular formula is C15H29NO2. The lowest BCUT2D eigenvalue weighted by molar-refractivity contribution is -0.119. The van der Waals surface area contributed by atoms with E-state index in [-0.39, 0.29) is 12.0 Å². The van der Waals surface area contributed by atoms with Crippen molar-refractivity contribution in [2.24, 2.45) is 11.3 Å². The van der Waals surface area contributed by atoms with E-state index < -0.39 is 0 Å². The maximum atomic E-state index is 11.5. The molecule has 3 nitrogen and oxygen atoms in total. The summed E-state index contributed by atoms with van der Waals surface area (Å²) in [4.78, 5) is 13.8. The Bertz CT molecular complexity index is 235. The molecule has 1 aliphatic carbocycles. The predicted molar refractivity (Wildman–Crippen MR) is 74.6 cm³/mol. The van der Waals surface area contributed by atoms with Gasteiger partial charge in [0.2, 0.25) is 0 Å². The normalized spacial score (nSPS) is 28.6. The second kappa shape index (κ2) is 7.90. The molecule has 0 heterocycles. The van der Waals surface area contributed by atoms with E-state index in [1.54, 1.807) is 0 Å². The Balaban J connectivity index is 2.54. The van der Waals surface area contributed by atoms with Crippen LogP contribution in [0.4, 0.5) is 0 Å². The fraction of sp³-hybridized carbons (Fsp3) is 0.933. The molecule has 18 heavy (non-hydrogen) atoms. The summed E-state index contributed by atoms with van der Waals surface area (Å²) in [6.07, 6.45) is 7.87. The number of aliphatic hydroxyl groups excluding tert-OH is 1. The Kier molecular flexibility index (Phi) is 6.87. The molecule has 0 aliphatic heterocycles. The van der Waals surface area contributed by atoms with Crippen LogP contribution in [0.5, 0.6) is 0 Å². The molecular weight excluding hydrogens is 226 g/mol. The molecule has 1 rings (SSSR count). The average Bonchev–Trinajstić information content (AvgIpc) is 2.39. The highest BCUT2D eigenvalue weighted by molar-refractivity contribution is 5.60. The number of nitrogens with zero attached hydrogens (tertiary/aromatic N) is 1. The van der Waals surface area contributed by atoms with Crippen molar-refractivity contribution in [3.05, 3.63) is 0 Å². The van der Waals surface area contributed by atoms with E-state index in [1.165, 1.54) is 19.1 Å². The number of aliphatic hydroxyl groups is 1. The van der Waals surface area contributed by atoms with Crippen molar-refractivity contribution >= 4 is 6.29 Å². The predicted octanol–water partition coefficient (Wildman–Crippen LogP) is 2.48. The number of carbonyl (C=O) groups is 1. The van der Waals surface area contributed by atoms with Crippen LogP contribution in [0.2, 0.25) is 0 Å². The molecule has 1 saturated carbocycles. The fourth-order valence-corrected chi connectivity index (χ4v) is 2.89. The van der Waals surface area contributed by atoms with Gasteiger partial charge in [0, 0.05) is 18.5 Å². The van der Waals surface area contributed by atoms with Crippen LogP contribution in [0.25, 0.3) is 0 Å². The second-order valence-corrected chi connectivity index (χ2v) is 6.02. The summed E-state index contributed by atoms with van der Waals surface area (Å²) in [5.74, 6) is 0.764. The number of hydrogen-bond donors (Lipinski definition) is 1. The molecule has 3 heteroatoms. The van der Waals surface area contributed by atoms with E-state index in [9.17, 15) is 4.79 Å². The lowest BCUT2D eigenvalue weighted by atomic mass is 9.71. The number of aldehydes is 1. The molecule has 1 aliphatic rings. The Morgan fingerprint density at radius 3 is 2.50 bits per heavy atom. The SMILES string of the molecule is CCCCN(CCO)CC1(C=O)CCC(C)CC1. The van der Waals surface area contributed by atoms with Gasteiger partial charge >= 0.3 is 0 Å². The van der Waals surface area contributed by atoms with Gasteiger partial charge in [0.05, 0.1) is 6.61 Å². The van der Waals surface area contributed by atoms with Gasteiger partial charge in [0.15, 0.2) is 0 Å². The van der Waals surface area contributed by atoms with E-state index >= 15 is 0 Å². The van der Waals surface area contributed by atoms with Gasteiger partial charge in [0.1, 0.15) is 6.29 Å². The Morgan fingerprint density at radius 2 is 2.00 bits per heavy atom. The molecule has 0 bridgehead atoms. The maximum Gasteiger partial charge on any atom is 0.127 e. The van der Waals surface area contributed by atoms with E-state index in [1.807, 2.05) is 0 Å². The highest BCUT2D eigenvalue weighted by atomic mass is 16.3. The Labute approximate surface area is 112 Å². The van der Waals surface area contributed by atoms with Crippen molar-refractivity contribution in [2.75, 3.05) is 26.2 Å². The molecule has 0 spiro atoms. The smallest absolute Gasteiger partial charge is 0.127 e. The van der Waals surface area contributed by atoms with Crippen LogP contribution in [0.3, 0.4) is 0 Å². The van der Waals surface area contributed by atoms with Gasteiger partial charge in [-0.05, 0) is 44.6 Å². The van der Waals surface area contributed by atoms with Crippen molar-refractivity contribution in [1.82, 2.24) is 4.90 Å². The van der Waals surface area contributed by atoms with E-state index in [0.29, 0.717) is 6.54 Å². The van der Waals surface area contributed by atoms with Crippen molar-refractivity contribution in [2.45, 2.75) is 52.4 Å². The molecule has 0 unspecified atom stereocenters. The minimum atomic E-state index is -0.143. The largest absolute Gasteiger partial charge is 0.395 e. The molecule has 0 atom stereocenters. The summed E-state index contributed by atoms with van der Waals surface area (Å²) in [6, 6.07) is 0. The minimum Gasteiger partial charge on any atom is -0.395 e. The van der Waals surface area contributed by atoms with Crippen molar-refractivity contribution in [3.63, 3.8) is 0 Å². The summed E-state index contributed by atoms with van der Waals surface area (Å²) in [5, 5.41) is 9.13. The first-order valence-electron chi connectivity index (χ1n) is 7.45. The lowest BCUT2D eigenvalue weighted by Gasteiger charge is -2.38. The number of unbranched alkanes of at least 4 members (excludes halogenated alkanes) is 1. The third-order valence-electron chi connectivity index (χ3n) is 4.30. The van der Waals surface area contributed by atoms with Crippen LogP contribution >= 0.6 is 0 Å². The van der Waals surface area contributed by atoms with Gasteiger partial charge in [-0.25, -0.2) is 0 Å². The number of hydrogen-bond acceptors (Lipinski definition) is 3. The van der Waals surface area contributed by atoms with Crippen LogP contribution < -0.4 is 0 Å². The van der Waals surface area contributed by atoms with Crippen LogP contribution in [0.1, 0.15) is 52.4 Å². The summed E-state index contributed by atoms with van der Waals surface area (Å²) >= 11 is 0. The Morgan fingerprint density at radius 1 is 1.33 bits per heavy atom. The van der Waals surface area contributed by atoms with Crippen LogP contribution in [0.15, 0.2) is 0 Å². The molecule has 0 amide bonds. The van der Waals surface area contributed by atoms with Gasteiger partial charge in [0.25, 0.3) is 0 Å². The molecule has 0 saturated heterocycles. The van der Waals surface area contributed by atoms with E-state index in [2.05, 4.69) is 18.7 Å². The zero-order chi connectivity index (χ0) is 13.4. The Hall–Kier alpha value is -0.410. The molecule has 1 fully saturated rings. The maximum absolute atomic E-state index is 11.5. The first-order valence-corrected chi connectivity index (χ1v) is 7.45. The minimum absolute atomic E-state index is 0.143. The highest BCUT2D eigenvalue weighted by Crippen LogP contribution is 2.37. The van der Waals surface area contributed by atoms with E-state index in [4.69, 9.17) is 5.11 Å². The average molecular weight is 255 g/mol. The van der Waals surface area contributed by atoms with Gasteiger partial charge < -0.3 is 14.8 Å². The van der Waals surface area contributed by atoms with Crippen LogP contribution in [-0.4, -0.2) is 42.5 Å². The topological polar surface area (TPSA) is 40.5 Å². The van der Waals surface area contributed by atoms with Gasteiger partial charge in [-0.2, -0.15) is 0 Å². The van der Waals surface area contributed by atoms with Crippen LogP contribution in [-0.2, 0) is 4.79 Å². The highest BCUT2D eigenvalue weighted by Gasteiger charge is 2.35. The molecule has 106 valence electrons. The second-order valence-electron chi connectivity index (χ2n) is 6.02. The molecule has 0 aromatic rings. The fourth-order valence-electron chi connectivity index (χ4n) is 2.89. The summed E-state index contributed by atoms with van der Waals surface area (Å²) in [7, 11) is 0. The molecule has 0 aromatic heterocycles. The first-order chi connectivity index (χ1) is 8.65. The molecule has 1 N–H and O–H groups in total. The third-order valence-corrected chi connectivity index (χ3v) is 4.30. The van der Waals surface area contributed by atoms with Crippen molar-refractivity contribution in [1.29, 1.82) is 0 Å². The number of rotatable bonds is 8. The summed E-state index contributed by atoms with van der Waals surface area (Å²) in [6.45, 7) is 7.18. The monoisotopic (exact) mass is 255 g/mol. The van der Waals surface area contributed by atoms with Gasteiger partial charge in [-0.1, -0.05) is 20.3 Å². The lowest BCUT2D eigenvalue weighted by Crippen LogP contribution is -2.42. The first kappa shape index (κ1) is 15.6. The standard InChI is InChI=1S/C15H29NO2/c1-3-4-9-16(10-11-17)12-15(13-18)7-5-14(2)6-8-15/h13-14,17H,3-12H2,1-2H3. The van der Waals surface area contributed by atoms with Crippen LogP contribution in [0, 0.1) is 11.3 Å². The summed E-state index contributed by atoms with van der Waals surface area (Å²) < 4.78 is 0. The zero-order valence-corrected chi connectivity index (χ0v) is 12.0. The molecule has 0 aromatic carbocycles. The van der Waals surface area contributed by atoms with Gasteiger partial charge in [-0.3, -0.25) is 0 Å². The number of carbonyl (C=O) groups excluding carboxylic acids is 1.